The van der Waals surface area contributed by atoms with Crippen molar-refractivity contribution in [1.29, 1.82) is 0 Å². The Hall–Kier alpha value is -3.24. The van der Waals surface area contributed by atoms with Gasteiger partial charge in [-0.1, -0.05) is 6.92 Å². The Balaban J connectivity index is 1.92. The summed E-state index contributed by atoms with van der Waals surface area (Å²) in [6.07, 6.45) is -1.28. The van der Waals surface area contributed by atoms with E-state index in [2.05, 4.69) is 24.8 Å². The van der Waals surface area contributed by atoms with Crippen LogP contribution in [0.5, 0.6) is 5.88 Å². The predicted octanol–water partition coefficient (Wildman–Crippen LogP) is 2.78. The van der Waals surface area contributed by atoms with E-state index in [1.165, 1.54) is 19.3 Å². The first-order valence-electron chi connectivity index (χ1n) is 8.29. The van der Waals surface area contributed by atoms with Crippen molar-refractivity contribution in [1.82, 2.24) is 24.7 Å². The smallest absolute Gasteiger partial charge is 0.422 e. The van der Waals surface area contributed by atoms with Gasteiger partial charge < -0.3 is 9.84 Å². The summed E-state index contributed by atoms with van der Waals surface area (Å²) >= 11 is 0. The molecule has 0 bridgehead atoms. The number of carboxylic acid groups (broad SMARTS) is 1. The average molecular weight is 395 g/mol. The van der Waals surface area contributed by atoms with Crippen LogP contribution < -0.4 is 4.74 Å². The highest BCUT2D eigenvalue weighted by Gasteiger charge is 2.29. The number of ether oxygens (including phenoxy) is 1. The number of aryl methyl sites for hydroxylation is 2. The molecular formula is C17H16F3N5O3. The zero-order valence-electron chi connectivity index (χ0n) is 15.0. The number of hydrogen-bond donors (Lipinski definition) is 1. The summed E-state index contributed by atoms with van der Waals surface area (Å²) in [6.45, 7) is 2.08. The van der Waals surface area contributed by atoms with Crippen LogP contribution in [0.2, 0.25) is 0 Å². The van der Waals surface area contributed by atoms with Gasteiger partial charge >= 0.3 is 12.1 Å². The Morgan fingerprint density at radius 1 is 1.32 bits per heavy atom. The number of hydrogen-bond acceptors (Lipinski definition) is 6. The van der Waals surface area contributed by atoms with Crippen molar-refractivity contribution in [3.05, 3.63) is 41.2 Å². The molecule has 0 aliphatic rings. The van der Waals surface area contributed by atoms with Gasteiger partial charge in [-0.05, 0) is 19.4 Å². The first-order valence-corrected chi connectivity index (χ1v) is 8.29. The van der Waals surface area contributed by atoms with E-state index in [1.54, 1.807) is 10.7 Å². The standard InChI is InChI=1S/C17H16F3N5O3/c1-3-12-13-11(4-5-21-14(13)16(26)27)24-25(12)7-10-6-22-15(9(2)23-10)28-8-17(18,19)20/h4-6H,3,7-8H2,1-2H3,(H,26,27). The summed E-state index contributed by atoms with van der Waals surface area (Å²) in [6, 6.07) is 1.61. The molecule has 0 unspecified atom stereocenters. The Morgan fingerprint density at radius 2 is 2.07 bits per heavy atom. The largest absolute Gasteiger partial charge is 0.476 e. The first-order chi connectivity index (χ1) is 13.2. The Bertz CT molecular complexity index is 1030. The Kier molecular flexibility index (Phi) is 5.16. The zero-order valence-corrected chi connectivity index (χ0v) is 15.0. The maximum Gasteiger partial charge on any atom is 0.422 e. The fourth-order valence-electron chi connectivity index (χ4n) is 2.83. The number of pyridine rings is 1. The minimum absolute atomic E-state index is 0.0845. The number of carboxylic acids is 1. The van der Waals surface area contributed by atoms with Gasteiger partial charge in [0.05, 0.1) is 35.0 Å². The molecule has 0 aliphatic carbocycles. The molecule has 11 heteroatoms. The van der Waals surface area contributed by atoms with Gasteiger partial charge in [-0.25, -0.2) is 19.7 Å². The van der Waals surface area contributed by atoms with Crippen molar-refractivity contribution < 1.29 is 27.8 Å². The number of carbonyl (C=O) groups is 1. The summed E-state index contributed by atoms with van der Waals surface area (Å²) < 4.78 is 43.1. The van der Waals surface area contributed by atoms with E-state index in [-0.39, 0.29) is 23.8 Å². The fourth-order valence-corrected chi connectivity index (χ4v) is 2.83. The van der Waals surface area contributed by atoms with E-state index in [9.17, 15) is 23.1 Å². The third kappa shape index (κ3) is 4.02. The van der Waals surface area contributed by atoms with Crippen molar-refractivity contribution in [2.75, 3.05) is 6.61 Å². The van der Waals surface area contributed by atoms with Crippen LogP contribution >= 0.6 is 0 Å². The van der Waals surface area contributed by atoms with Crippen LogP contribution in [0.25, 0.3) is 10.9 Å². The minimum Gasteiger partial charge on any atom is -0.476 e. The van der Waals surface area contributed by atoms with Crippen LogP contribution in [0.4, 0.5) is 13.2 Å². The Morgan fingerprint density at radius 3 is 2.68 bits per heavy atom. The topological polar surface area (TPSA) is 103 Å². The quantitative estimate of drug-likeness (QED) is 0.684. The van der Waals surface area contributed by atoms with Crippen LogP contribution in [0.1, 0.15) is 34.5 Å². The summed E-state index contributed by atoms with van der Waals surface area (Å²) in [5, 5.41) is 14.2. The van der Waals surface area contributed by atoms with Crippen LogP contribution in [0, 0.1) is 6.92 Å². The van der Waals surface area contributed by atoms with E-state index in [0.717, 1.165) is 0 Å². The molecule has 28 heavy (non-hydrogen) atoms. The summed E-state index contributed by atoms with van der Waals surface area (Å²) in [4.78, 5) is 23.5. The monoisotopic (exact) mass is 395 g/mol. The maximum atomic E-state index is 12.3. The molecule has 0 radical (unpaired) electrons. The second kappa shape index (κ2) is 7.41. The molecule has 0 fully saturated rings. The molecule has 0 atom stereocenters. The number of rotatable bonds is 6. The molecule has 0 saturated carbocycles. The highest BCUT2D eigenvalue weighted by atomic mass is 19.4. The molecule has 0 aliphatic heterocycles. The number of alkyl halides is 3. The van der Waals surface area contributed by atoms with Crippen LogP contribution in [0.15, 0.2) is 18.5 Å². The van der Waals surface area contributed by atoms with Crippen molar-refractivity contribution in [2.24, 2.45) is 0 Å². The van der Waals surface area contributed by atoms with Crippen LogP contribution in [0.3, 0.4) is 0 Å². The van der Waals surface area contributed by atoms with Gasteiger partial charge in [0, 0.05) is 11.9 Å². The zero-order chi connectivity index (χ0) is 20.5. The van der Waals surface area contributed by atoms with Crippen molar-refractivity contribution in [3.8, 4) is 5.88 Å². The molecular weight excluding hydrogens is 379 g/mol. The predicted molar refractivity (Wildman–Crippen MR) is 91.3 cm³/mol. The molecule has 8 nitrogen and oxygen atoms in total. The molecule has 3 aromatic heterocycles. The first kappa shape index (κ1) is 19.5. The Labute approximate surface area is 157 Å². The highest BCUT2D eigenvalue weighted by molar-refractivity contribution is 6.01. The molecule has 0 amide bonds. The van der Waals surface area contributed by atoms with Crippen molar-refractivity contribution in [3.63, 3.8) is 0 Å². The third-order valence-corrected chi connectivity index (χ3v) is 3.93. The lowest BCUT2D eigenvalue weighted by molar-refractivity contribution is -0.154. The molecule has 0 saturated heterocycles. The lowest BCUT2D eigenvalue weighted by Crippen LogP contribution is -2.20. The molecule has 0 spiro atoms. The van der Waals surface area contributed by atoms with Gasteiger partial charge in [0.2, 0.25) is 5.88 Å². The van der Waals surface area contributed by atoms with Gasteiger partial charge in [-0.3, -0.25) is 4.68 Å². The second-order valence-corrected chi connectivity index (χ2v) is 5.97. The number of halogens is 3. The minimum atomic E-state index is -4.46. The SMILES string of the molecule is CCc1c2c(C(=O)O)nccc2nn1Cc1cnc(OCC(F)(F)F)c(C)n1. The average Bonchev–Trinajstić information content (AvgIpc) is 2.96. The number of fused-ring (bicyclic) bond motifs is 1. The van der Waals surface area contributed by atoms with Crippen molar-refractivity contribution >= 4 is 16.9 Å². The van der Waals surface area contributed by atoms with E-state index in [4.69, 9.17) is 0 Å². The summed E-state index contributed by atoms with van der Waals surface area (Å²) in [5.41, 5.74) is 1.73. The van der Waals surface area contributed by atoms with Crippen LogP contribution in [-0.4, -0.2) is 48.6 Å². The van der Waals surface area contributed by atoms with Gasteiger partial charge in [0.1, 0.15) is 0 Å². The lowest BCUT2D eigenvalue weighted by atomic mass is 10.1. The van der Waals surface area contributed by atoms with E-state index >= 15 is 0 Å². The highest BCUT2D eigenvalue weighted by Crippen LogP contribution is 2.23. The van der Waals surface area contributed by atoms with Gasteiger partial charge in [-0.15, -0.1) is 0 Å². The molecule has 3 rings (SSSR count). The van der Waals surface area contributed by atoms with Gasteiger partial charge in [-0.2, -0.15) is 18.3 Å². The number of aromatic nitrogens is 5. The molecule has 148 valence electrons. The molecule has 3 heterocycles. The normalized spacial score (nSPS) is 11.8. The second-order valence-electron chi connectivity index (χ2n) is 5.97. The number of nitrogens with zero attached hydrogens (tertiary/aromatic N) is 5. The maximum absolute atomic E-state index is 12.3. The molecule has 1 N–H and O–H groups in total. The fraction of sp³-hybridized carbons (Fsp3) is 0.353. The van der Waals surface area contributed by atoms with Crippen LogP contribution in [-0.2, 0) is 13.0 Å². The molecule has 0 aromatic carbocycles. The van der Waals surface area contributed by atoms with Gasteiger partial charge in [0.25, 0.3) is 0 Å². The summed E-state index contributed by atoms with van der Waals surface area (Å²) in [7, 11) is 0. The van der Waals surface area contributed by atoms with Crippen molar-refractivity contribution in [2.45, 2.75) is 33.0 Å². The lowest BCUT2D eigenvalue weighted by Gasteiger charge is -2.11. The van der Waals surface area contributed by atoms with E-state index < -0.39 is 18.8 Å². The van der Waals surface area contributed by atoms with Gasteiger partial charge in [0.15, 0.2) is 12.3 Å². The third-order valence-electron chi connectivity index (χ3n) is 3.93. The van der Waals surface area contributed by atoms with E-state index in [0.29, 0.717) is 28.7 Å². The van der Waals surface area contributed by atoms with E-state index in [1.807, 2.05) is 6.92 Å². The number of aromatic carboxylic acids is 1. The molecule has 3 aromatic rings. The summed E-state index contributed by atoms with van der Waals surface area (Å²) in [5.74, 6) is -1.35.